The SMILES string of the molecule is Cc1ccc(C2Oc3ccc(OC4CCCCO4)cc3C(=O)C2c2ccc(C=N)c(NC3CCCCO3)c2)cc1. The van der Waals surface area contributed by atoms with E-state index in [4.69, 9.17) is 24.4 Å². The van der Waals surface area contributed by atoms with E-state index >= 15 is 0 Å². The molecule has 2 N–H and O–H groups in total. The Labute approximate surface area is 235 Å². The number of anilines is 1. The van der Waals surface area contributed by atoms with Crippen LogP contribution in [-0.2, 0) is 9.47 Å². The van der Waals surface area contributed by atoms with Gasteiger partial charge in [-0.05, 0) is 74.4 Å². The van der Waals surface area contributed by atoms with Crippen LogP contribution in [0.4, 0.5) is 5.69 Å². The molecule has 4 unspecified atom stereocenters. The minimum atomic E-state index is -0.580. The summed E-state index contributed by atoms with van der Waals surface area (Å²) in [6.07, 6.45) is 6.40. The molecule has 0 aliphatic carbocycles. The van der Waals surface area contributed by atoms with Crippen molar-refractivity contribution in [1.29, 1.82) is 5.41 Å². The minimum Gasteiger partial charge on any atom is -0.484 e. The van der Waals surface area contributed by atoms with Crippen molar-refractivity contribution in [2.45, 2.75) is 70.0 Å². The van der Waals surface area contributed by atoms with E-state index in [1.165, 1.54) is 6.21 Å². The van der Waals surface area contributed by atoms with Crippen LogP contribution >= 0.6 is 0 Å². The fourth-order valence-corrected chi connectivity index (χ4v) is 5.73. The van der Waals surface area contributed by atoms with Gasteiger partial charge < -0.3 is 29.7 Å². The van der Waals surface area contributed by atoms with E-state index in [9.17, 15) is 4.79 Å². The molecular weight excluding hydrogens is 504 g/mol. The summed E-state index contributed by atoms with van der Waals surface area (Å²) < 4.78 is 24.3. The molecule has 0 bridgehead atoms. The Bertz CT molecular complexity index is 1360. The van der Waals surface area contributed by atoms with Gasteiger partial charge >= 0.3 is 0 Å². The van der Waals surface area contributed by atoms with Crippen molar-refractivity contribution in [2.75, 3.05) is 18.5 Å². The Morgan fingerprint density at radius 1 is 0.900 bits per heavy atom. The third-order valence-electron chi connectivity index (χ3n) is 7.96. The highest BCUT2D eigenvalue weighted by atomic mass is 16.7. The zero-order chi connectivity index (χ0) is 27.5. The molecule has 3 aliphatic heterocycles. The lowest BCUT2D eigenvalue weighted by molar-refractivity contribution is -0.105. The molecule has 6 rings (SSSR count). The van der Waals surface area contributed by atoms with Gasteiger partial charge in [-0.2, -0.15) is 0 Å². The van der Waals surface area contributed by atoms with Crippen LogP contribution in [0.1, 0.15) is 83.2 Å². The molecule has 3 aromatic carbocycles. The van der Waals surface area contributed by atoms with Crippen LogP contribution in [0.25, 0.3) is 0 Å². The summed E-state index contributed by atoms with van der Waals surface area (Å²) in [5, 5.41) is 11.4. The fourth-order valence-electron chi connectivity index (χ4n) is 5.73. The first-order chi connectivity index (χ1) is 19.6. The monoisotopic (exact) mass is 540 g/mol. The molecule has 2 saturated heterocycles. The van der Waals surface area contributed by atoms with Crippen LogP contribution in [0, 0.1) is 12.3 Å². The number of rotatable bonds is 7. The summed E-state index contributed by atoms with van der Waals surface area (Å²) in [6.45, 7) is 3.45. The van der Waals surface area contributed by atoms with Crippen molar-refractivity contribution < 1.29 is 23.7 Å². The maximum Gasteiger partial charge on any atom is 0.199 e. The molecule has 0 aromatic heterocycles. The van der Waals surface area contributed by atoms with Gasteiger partial charge in [0.15, 0.2) is 12.1 Å². The summed E-state index contributed by atoms with van der Waals surface area (Å²) in [5.74, 6) is 0.549. The van der Waals surface area contributed by atoms with Crippen LogP contribution in [0.3, 0.4) is 0 Å². The van der Waals surface area contributed by atoms with Crippen LogP contribution < -0.4 is 14.8 Å². The lowest BCUT2D eigenvalue weighted by atomic mass is 9.80. The molecule has 0 saturated carbocycles. The van der Waals surface area contributed by atoms with E-state index < -0.39 is 12.0 Å². The summed E-state index contributed by atoms with van der Waals surface area (Å²) in [4.78, 5) is 14.3. The molecule has 7 nitrogen and oxygen atoms in total. The average molecular weight is 541 g/mol. The Morgan fingerprint density at radius 2 is 1.68 bits per heavy atom. The molecule has 0 amide bonds. The van der Waals surface area contributed by atoms with Gasteiger partial charge in [-0.25, -0.2) is 0 Å². The number of Topliss-reactive ketones (excluding diaryl/α,β-unsaturated/α-hetero) is 1. The highest BCUT2D eigenvalue weighted by Gasteiger charge is 2.40. The van der Waals surface area contributed by atoms with E-state index in [-0.39, 0.29) is 18.3 Å². The van der Waals surface area contributed by atoms with Gasteiger partial charge in [0, 0.05) is 30.5 Å². The van der Waals surface area contributed by atoms with Gasteiger partial charge in [-0.1, -0.05) is 42.0 Å². The Balaban J connectivity index is 1.37. The highest BCUT2D eigenvalue weighted by Crippen LogP contribution is 2.45. The number of ether oxygens (including phenoxy) is 4. The summed E-state index contributed by atoms with van der Waals surface area (Å²) in [7, 11) is 0. The molecule has 3 heterocycles. The van der Waals surface area contributed by atoms with Gasteiger partial charge in [-0.3, -0.25) is 4.79 Å². The van der Waals surface area contributed by atoms with E-state index in [0.29, 0.717) is 23.7 Å². The van der Waals surface area contributed by atoms with Crippen LogP contribution in [0.2, 0.25) is 0 Å². The number of hydrogen-bond donors (Lipinski definition) is 2. The summed E-state index contributed by atoms with van der Waals surface area (Å²) >= 11 is 0. The zero-order valence-electron chi connectivity index (χ0n) is 22.9. The number of carbonyl (C=O) groups is 1. The van der Waals surface area contributed by atoms with E-state index in [2.05, 4.69) is 5.32 Å². The standard InChI is InChI=1S/C33H36N2O5/c1-21-8-10-22(11-9-21)33-31(23-12-13-24(20-34)27(18-23)35-29-6-2-4-16-37-29)32(36)26-19-25(14-15-28(26)40-33)39-30-7-3-5-17-38-30/h8-15,18-20,29-31,33-35H,2-7,16-17H2,1H3. The smallest absolute Gasteiger partial charge is 0.199 e. The molecule has 3 aromatic rings. The van der Waals surface area contributed by atoms with Gasteiger partial charge in [0.1, 0.15) is 23.8 Å². The summed E-state index contributed by atoms with van der Waals surface area (Å²) in [6, 6.07) is 19.4. The van der Waals surface area contributed by atoms with Crippen molar-refractivity contribution >= 4 is 17.7 Å². The maximum absolute atomic E-state index is 14.3. The number of hydrogen-bond acceptors (Lipinski definition) is 7. The minimum absolute atomic E-state index is 0.0238. The molecule has 208 valence electrons. The van der Waals surface area contributed by atoms with Crippen LogP contribution in [0.15, 0.2) is 60.7 Å². The largest absolute Gasteiger partial charge is 0.484 e. The molecule has 3 aliphatic rings. The first-order valence-electron chi connectivity index (χ1n) is 14.3. The predicted molar refractivity (Wildman–Crippen MR) is 154 cm³/mol. The number of benzene rings is 3. The molecule has 0 radical (unpaired) electrons. The predicted octanol–water partition coefficient (Wildman–Crippen LogP) is 6.94. The Kier molecular flexibility index (Phi) is 7.84. The highest BCUT2D eigenvalue weighted by molar-refractivity contribution is 6.05. The average Bonchev–Trinajstić information content (AvgIpc) is 2.99. The zero-order valence-corrected chi connectivity index (χ0v) is 22.9. The molecular formula is C33H36N2O5. The normalized spacial score (nSPS) is 24.5. The Morgan fingerprint density at radius 3 is 2.40 bits per heavy atom. The number of aryl methyl sites for hydroxylation is 1. The number of carbonyl (C=O) groups excluding carboxylic acids is 1. The topological polar surface area (TPSA) is 89.9 Å². The molecule has 4 atom stereocenters. The lowest BCUT2D eigenvalue weighted by Crippen LogP contribution is -2.31. The second-order valence-electron chi connectivity index (χ2n) is 10.9. The number of ketones is 1. The van der Waals surface area contributed by atoms with Crippen molar-refractivity contribution in [3.63, 3.8) is 0 Å². The second kappa shape index (κ2) is 11.8. The van der Waals surface area contributed by atoms with Gasteiger partial charge in [0.05, 0.1) is 18.1 Å². The molecule has 0 spiro atoms. The van der Waals surface area contributed by atoms with E-state index in [1.54, 1.807) is 6.07 Å². The van der Waals surface area contributed by atoms with Gasteiger partial charge in [-0.15, -0.1) is 0 Å². The van der Waals surface area contributed by atoms with E-state index in [1.807, 2.05) is 61.5 Å². The third kappa shape index (κ3) is 5.62. The lowest BCUT2D eigenvalue weighted by Gasteiger charge is -2.34. The summed E-state index contributed by atoms with van der Waals surface area (Å²) in [5.41, 5.74) is 4.94. The molecule has 7 heteroatoms. The molecule has 40 heavy (non-hydrogen) atoms. The van der Waals surface area contributed by atoms with Crippen LogP contribution in [0.5, 0.6) is 11.5 Å². The first-order valence-corrected chi connectivity index (χ1v) is 14.3. The second-order valence-corrected chi connectivity index (χ2v) is 10.9. The maximum atomic E-state index is 14.3. The third-order valence-corrected chi connectivity index (χ3v) is 7.96. The number of nitrogens with one attached hydrogen (secondary N) is 2. The number of fused-ring (bicyclic) bond motifs is 1. The quantitative estimate of drug-likeness (QED) is 0.316. The van der Waals surface area contributed by atoms with E-state index in [0.717, 1.165) is 73.1 Å². The fraction of sp³-hybridized carbons (Fsp3) is 0.394. The Hall–Kier alpha value is -3.68. The van der Waals surface area contributed by atoms with Gasteiger partial charge in [0.25, 0.3) is 0 Å². The molecule has 2 fully saturated rings. The van der Waals surface area contributed by atoms with Crippen molar-refractivity contribution in [3.05, 3.63) is 88.5 Å². The van der Waals surface area contributed by atoms with Crippen molar-refractivity contribution in [2.24, 2.45) is 0 Å². The van der Waals surface area contributed by atoms with Gasteiger partial charge in [0.2, 0.25) is 0 Å². The first kappa shape index (κ1) is 26.5. The van der Waals surface area contributed by atoms with Crippen molar-refractivity contribution in [3.8, 4) is 11.5 Å². The van der Waals surface area contributed by atoms with Crippen LogP contribution in [-0.4, -0.2) is 37.7 Å². The van der Waals surface area contributed by atoms with Crippen molar-refractivity contribution in [1.82, 2.24) is 0 Å².